The van der Waals surface area contributed by atoms with Gasteiger partial charge in [0.15, 0.2) is 5.78 Å². The van der Waals surface area contributed by atoms with Crippen LogP contribution in [0.3, 0.4) is 0 Å². The first-order chi connectivity index (χ1) is 7.63. The van der Waals surface area contributed by atoms with Crippen molar-refractivity contribution >= 4 is 18.0 Å². The smallest absolute Gasteiger partial charge is 0.303 e. The summed E-state index contributed by atoms with van der Waals surface area (Å²) in [5.41, 5.74) is 1.03. The largest absolute Gasteiger partial charge is 0.481 e. The van der Waals surface area contributed by atoms with Crippen LogP contribution in [0.2, 0.25) is 0 Å². The highest BCUT2D eigenvalue weighted by molar-refractivity contribution is 5.96. The number of hydrogen-bond acceptors (Lipinski definition) is 3. The minimum atomic E-state index is -0.899. The molecule has 84 valence electrons. The first-order valence-corrected chi connectivity index (χ1v) is 4.93. The number of Topliss-reactive ketones (excluding diaryl/α,β-unsaturated/α-hetero) is 1. The molecule has 0 aliphatic rings. The standard InChI is InChI=1S/C12H12O4/c13-8-9-4-6-10(7-5-9)11(14)2-1-3-12(15)16/h4-8H,1-3H2,(H,15,16). The summed E-state index contributed by atoms with van der Waals surface area (Å²) in [6, 6.07) is 6.29. The van der Waals surface area contributed by atoms with Gasteiger partial charge in [-0.05, 0) is 6.42 Å². The van der Waals surface area contributed by atoms with E-state index in [1.165, 1.54) is 0 Å². The average Bonchev–Trinajstić information content (AvgIpc) is 2.28. The number of ketones is 1. The summed E-state index contributed by atoms with van der Waals surface area (Å²) < 4.78 is 0. The van der Waals surface area contributed by atoms with Crippen molar-refractivity contribution < 1.29 is 19.5 Å². The molecule has 0 spiro atoms. The minimum absolute atomic E-state index is 0.00182. The molecule has 0 radical (unpaired) electrons. The molecule has 0 aliphatic heterocycles. The maximum Gasteiger partial charge on any atom is 0.303 e. The monoisotopic (exact) mass is 220 g/mol. The molecular weight excluding hydrogens is 208 g/mol. The Bertz CT molecular complexity index is 392. The summed E-state index contributed by atoms with van der Waals surface area (Å²) in [5.74, 6) is -0.997. The number of rotatable bonds is 6. The first-order valence-electron chi connectivity index (χ1n) is 4.93. The van der Waals surface area contributed by atoms with Gasteiger partial charge in [0.05, 0.1) is 0 Å². The number of aldehydes is 1. The van der Waals surface area contributed by atoms with Crippen molar-refractivity contribution in [2.24, 2.45) is 0 Å². The van der Waals surface area contributed by atoms with Gasteiger partial charge in [-0.15, -0.1) is 0 Å². The van der Waals surface area contributed by atoms with Crippen LogP contribution in [0.15, 0.2) is 24.3 Å². The molecule has 0 amide bonds. The second-order valence-corrected chi connectivity index (χ2v) is 3.41. The Labute approximate surface area is 92.9 Å². The van der Waals surface area contributed by atoms with E-state index in [2.05, 4.69) is 0 Å². The molecule has 0 aromatic heterocycles. The molecule has 0 fully saturated rings. The number of benzene rings is 1. The topological polar surface area (TPSA) is 71.4 Å². The summed E-state index contributed by atoms with van der Waals surface area (Å²) in [4.78, 5) is 32.2. The van der Waals surface area contributed by atoms with Crippen molar-refractivity contribution in [2.45, 2.75) is 19.3 Å². The zero-order valence-corrected chi connectivity index (χ0v) is 8.68. The van der Waals surface area contributed by atoms with Gasteiger partial charge < -0.3 is 5.11 Å². The van der Waals surface area contributed by atoms with Crippen LogP contribution in [0.5, 0.6) is 0 Å². The van der Waals surface area contributed by atoms with Crippen molar-refractivity contribution in [2.75, 3.05) is 0 Å². The maximum absolute atomic E-state index is 11.5. The molecule has 4 heteroatoms. The third kappa shape index (κ3) is 3.65. The molecule has 1 aromatic rings. The molecule has 0 atom stereocenters. The van der Waals surface area contributed by atoms with Crippen molar-refractivity contribution in [3.8, 4) is 0 Å². The number of carboxylic acid groups (broad SMARTS) is 1. The number of carbonyl (C=O) groups excluding carboxylic acids is 2. The number of carboxylic acids is 1. The molecule has 0 saturated carbocycles. The highest BCUT2D eigenvalue weighted by Gasteiger charge is 2.06. The van der Waals surface area contributed by atoms with Crippen molar-refractivity contribution in [1.82, 2.24) is 0 Å². The van der Waals surface area contributed by atoms with E-state index in [0.717, 1.165) is 0 Å². The van der Waals surface area contributed by atoms with Gasteiger partial charge in [0.25, 0.3) is 0 Å². The second kappa shape index (κ2) is 5.80. The molecule has 0 bridgehead atoms. The van der Waals surface area contributed by atoms with E-state index >= 15 is 0 Å². The molecule has 4 nitrogen and oxygen atoms in total. The van der Waals surface area contributed by atoms with E-state index in [0.29, 0.717) is 23.8 Å². The minimum Gasteiger partial charge on any atom is -0.481 e. The Hall–Kier alpha value is -1.97. The Kier molecular flexibility index (Phi) is 4.39. The summed E-state index contributed by atoms with van der Waals surface area (Å²) in [6.45, 7) is 0. The van der Waals surface area contributed by atoms with Gasteiger partial charge in [-0.2, -0.15) is 0 Å². The molecule has 0 saturated heterocycles. The van der Waals surface area contributed by atoms with Gasteiger partial charge in [-0.3, -0.25) is 14.4 Å². The third-order valence-electron chi connectivity index (χ3n) is 2.16. The predicted octanol–water partition coefficient (Wildman–Crippen LogP) is 1.94. The lowest BCUT2D eigenvalue weighted by Gasteiger charge is -1.99. The molecular formula is C12H12O4. The molecule has 1 aromatic carbocycles. The molecule has 1 N–H and O–H groups in total. The Morgan fingerprint density at radius 1 is 1.12 bits per heavy atom. The van der Waals surface area contributed by atoms with Crippen molar-refractivity contribution in [1.29, 1.82) is 0 Å². The van der Waals surface area contributed by atoms with Crippen LogP contribution in [-0.4, -0.2) is 23.1 Å². The highest BCUT2D eigenvalue weighted by atomic mass is 16.4. The van der Waals surface area contributed by atoms with E-state index in [9.17, 15) is 14.4 Å². The number of aliphatic carboxylic acids is 1. The van der Waals surface area contributed by atoms with Gasteiger partial charge in [0, 0.05) is 24.0 Å². The Morgan fingerprint density at radius 2 is 1.75 bits per heavy atom. The average molecular weight is 220 g/mol. The fourth-order valence-electron chi connectivity index (χ4n) is 1.29. The van der Waals surface area contributed by atoms with E-state index < -0.39 is 5.97 Å². The van der Waals surface area contributed by atoms with E-state index in [1.807, 2.05) is 0 Å². The lowest BCUT2D eigenvalue weighted by atomic mass is 10.0. The maximum atomic E-state index is 11.5. The molecule has 0 heterocycles. The molecule has 0 unspecified atom stereocenters. The normalized spacial score (nSPS) is 9.75. The van der Waals surface area contributed by atoms with Crippen LogP contribution in [0.1, 0.15) is 40.0 Å². The number of carbonyl (C=O) groups is 3. The van der Waals surface area contributed by atoms with Crippen LogP contribution < -0.4 is 0 Å². The third-order valence-corrected chi connectivity index (χ3v) is 2.16. The van der Waals surface area contributed by atoms with Crippen LogP contribution in [0.25, 0.3) is 0 Å². The molecule has 16 heavy (non-hydrogen) atoms. The second-order valence-electron chi connectivity index (χ2n) is 3.41. The zero-order valence-electron chi connectivity index (χ0n) is 8.68. The van der Waals surface area contributed by atoms with Gasteiger partial charge >= 0.3 is 5.97 Å². The summed E-state index contributed by atoms with van der Waals surface area (Å²) in [5, 5.41) is 8.42. The summed E-state index contributed by atoms with van der Waals surface area (Å²) in [6.07, 6.45) is 1.26. The van der Waals surface area contributed by atoms with Crippen LogP contribution in [0, 0.1) is 0 Å². The summed E-state index contributed by atoms with van der Waals surface area (Å²) in [7, 11) is 0. The predicted molar refractivity (Wildman–Crippen MR) is 57.6 cm³/mol. The van der Waals surface area contributed by atoms with Crippen molar-refractivity contribution in [3.05, 3.63) is 35.4 Å². The Balaban J connectivity index is 2.52. The lowest BCUT2D eigenvalue weighted by molar-refractivity contribution is -0.137. The quantitative estimate of drug-likeness (QED) is 0.587. The van der Waals surface area contributed by atoms with Gasteiger partial charge in [-0.25, -0.2) is 0 Å². The first kappa shape index (κ1) is 12.1. The van der Waals surface area contributed by atoms with Crippen molar-refractivity contribution in [3.63, 3.8) is 0 Å². The van der Waals surface area contributed by atoms with Gasteiger partial charge in [0.2, 0.25) is 0 Å². The van der Waals surface area contributed by atoms with Crippen LogP contribution >= 0.6 is 0 Å². The SMILES string of the molecule is O=Cc1ccc(C(=O)CCCC(=O)O)cc1. The van der Waals surface area contributed by atoms with Gasteiger partial charge in [0.1, 0.15) is 6.29 Å². The van der Waals surface area contributed by atoms with E-state index in [1.54, 1.807) is 24.3 Å². The number of hydrogen-bond donors (Lipinski definition) is 1. The Morgan fingerprint density at radius 3 is 2.25 bits per heavy atom. The van der Waals surface area contributed by atoms with Crippen LogP contribution in [-0.2, 0) is 4.79 Å². The highest BCUT2D eigenvalue weighted by Crippen LogP contribution is 2.08. The van der Waals surface area contributed by atoms with Gasteiger partial charge in [-0.1, -0.05) is 24.3 Å². The fourth-order valence-corrected chi connectivity index (χ4v) is 1.29. The van der Waals surface area contributed by atoms with E-state index in [4.69, 9.17) is 5.11 Å². The molecule has 0 aliphatic carbocycles. The van der Waals surface area contributed by atoms with Crippen LogP contribution in [0.4, 0.5) is 0 Å². The molecule has 1 rings (SSSR count). The lowest BCUT2D eigenvalue weighted by Crippen LogP contribution is -2.01. The zero-order chi connectivity index (χ0) is 12.0. The fraction of sp³-hybridized carbons (Fsp3) is 0.250. The summed E-state index contributed by atoms with van der Waals surface area (Å²) >= 11 is 0. The van der Waals surface area contributed by atoms with E-state index in [-0.39, 0.29) is 18.6 Å².